The second-order valence-corrected chi connectivity index (χ2v) is 15.0. The molecule has 1 aliphatic rings. The standard InChI is InChI=1S/C37H56N8O8/c1-18(2)13-26-33(49)39-17-29(47)44-30(20(5)6)36(52)42-27(14-19(3)4)34(50)40-21(7)32(48)45-31(22(8)46)37(53)43-28(35(51)41-26)15-23-16-38-25-12-10-9-11-24(23)25/h9-12,16,18-22,26-28,30-31,38,46H,13-15,17H2,1-8H3,(H,39,49)(H,40,50)(H,41,51)(H,42,52)(H,43,53)(H,44,47)(H,45,48)/t21-,22+,26-,27-,28-,30-,31-/m0/s1. The third-order valence-electron chi connectivity index (χ3n) is 8.92. The normalized spacial score (nSPS) is 25.5. The van der Waals surface area contributed by atoms with E-state index >= 15 is 0 Å². The Kier molecular flexibility index (Phi) is 15.4. The summed E-state index contributed by atoms with van der Waals surface area (Å²) in [6.45, 7) is 13.0. The van der Waals surface area contributed by atoms with Crippen molar-refractivity contribution in [3.05, 3.63) is 36.0 Å². The molecule has 1 aromatic carbocycles. The molecule has 1 saturated heterocycles. The van der Waals surface area contributed by atoms with Crippen molar-refractivity contribution in [2.45, 2.75) is 117 Å². The van der Waals surface area contributed by atoms with E-state index in [2.05, 4.69) is 42.2 Å². The summed E-state index contributed by atoms with van der Waals surface area (Å²) in [4.78, 5) is 97.7. The predicted octanol–water partition coefficient (Wildman–Crippen LogP) is -0.102. The van der Waals surface area contributed by atoms with Crippen LogP contribution in [-0.4, -0.2) is 100 Å². The molecule has 2 aromatic rings. The quantitative estimate of drug-likeness (QED) is 0.177. The number of benzene rings is 1. The zero-order valence-electron chi connectivity index (χ0n) is 31.8. The number of H-pyrrole nitrogens is 1. The van der Waals surface area contributed by atoms with E-state index in [1.54, 1.807) is 20.0 Å². The molecule has 53 heavy (non-hydrogen) atoms. The van der Waals surface area contributed by atoms with Gasteiger partial charge in [0.1, 0.15) is 36.3 Å². The maximum absolute atomic E-state index is 14.0. The van der Waals surface area contributed by atoms with Crippen molar-refractivity contribution < 1.29 is 38.7 Å². The van der Waals surface area contributed by atoms with Crippen molar-refractivity contribution in [3.63, 3.8) is 0 Å². The van der Waals surface area contributed by atoms with Crippen LogP contribution in [0.5, 0.6) is 0 Å². The molecule has 16 nitrogen and oxygen atoms in total. The van der Waals surface area contributed by atoms with E-state index in [1.807, 2.05) is 52.0 Å². The van der Waals surface area contributed by atoms with Gasteiger partial charge in [-0.1, -0.05) is 59.7 Å². The Bertz CT molecular complexity index is 1640. The Morgan fingerprint density at radius 2 is 1.19 bits per heavy atom. The molecular weight excluding hydrogens is 684 g/mol. The number of para-hydroxylation sites is 1. The summed E-state index contributed by atoms with van der Waals surface area (Å²) in [5, 5.41) is 29.7. The average Bonchev–Trinajstić information content (AvgIpc) is 3.48. The van der Waals surface area contributed by atoms with E-state index < -0.39 is 96.2 Å². The highest BCUT2D eigenvalue weighted by atomic mass is 16.3. The summed E-state index contributed by atoms with van der Waals surface area (Å²) in [6, 6.07) is 0.0692. The number of rotatable bonds is 8. The first-order valence-corrected chi connectivity index (χ1v) is 18.2. The van der Waals surface area contributed by atoms with E-state index in [0.29, 0.717) is 5.56 Å². The summed E-state index contributed by atoms with van der Waals surface area (Å²) < 4.78 is 0. The minimum absolute atomic E-state index is 0.0260. The van der Waals surface area contributed by atoms with Gasteiger partial charge in [-0.2, -0.15) is 0 Å². The van der Waals surface area contributed by atoms with Gasteiger partial charge in [0.2, 0.25) is 41.4 Å². The highest BCUT2D eigenvalue weighted by molar-refractivity contribution is 5.98. The van der Waals surface area contributed by atoms with Crippen LogP contribution in [-0.2, 0) is 40.0 Å². The second-order valence-electron chi connectivity index (χ2n) is 15.0. The molecule has 0 bridgehead atoms. The zero-order chi connectivity index (χ0) is 39.6. The van der Waals surface area contributed by atoms with Crippen LogP contribution >= 0.6 is 0 Å². The lowest BCUT2D eigenvalue weighted by Crippen LogP contribution is -2.61. The van der Waals surface area contributed by atoms with Gasteiger partial charge >= 0.3 is 0 Å². The van der Waals surface area contributed by atoms with Crippen LogP contribution in [0.25, 0.3) is 10.9 Å². The Labute approximate surface area is 310 Å². The van der Waals surface area contributed by atoms with Gasteiger partial charge in [0, 0.05) is 23.5 Å². The summed E-state index contributed by atoms with van der Waals surface area (Å²) in [5.41, 5.74) is 1.48. The molecule has 7 amide bonds. The van der Waals surface area contributed by atoms with Crippen molar-refractivity contribution in [2.75, 3.05) is 6.54 Å². The van der Waals surface area contributed by atoms with Crippen LogP contribution in [0.1, 0.15) is 73.8 Å². The molecule has 16 heteroatoms. The molecule has 1 aliphatic heterocycles. The Morgan fingerprint density at radius 3 is 1.79 bits per heavy atom. The Morgan fingerprint density at radius 1 is 0.642 bits per heavy atom. The van der Waals surface area contributed by atoms with E-state index in [1.165, 1.54) is 13.8 Å². The first kappa shape index (κ1) is 42.4. The number of fused-ring (bicyclic) bond motifs is 1. The maximum Gasteiger partial charge on any atom is 0.245 e. The molecule has 0 spiro atoms. The third-order valence-corrected chi connectivity index (χ3v) is 8.92. The van der Waals surface area contributed by atoms with Crippen molar-refractivity contribution in [3.8, 4) is 0 Å². The van der Waals surface area contributed by atoms with Gasteiger partial charge in [0.15, 0.2) is 0 Å². The lowest BCUT2D eigenvalue weighted by Gasteiger charge is -2.28. The number of nitrogens with one attached hydrogen (secondary N) is 8. The molecule has 0 aliphatic carbocycles. The number of aromatic nitrogens is 1. The van der Waals surface area contributed by atoms with E-state index in [-0.39, 0.29) is 31.1 Å². The van der Waals surface area contributed by atoms with Crippen molar-refractivity contribution in [1.29, 1.82) is 0 Å². The zero-order valence-corrected chi connectivity index (χ0v) is 31.8. The molecule has 1 fully saturated rings. The fourth-order valence-corrected chi connectivity index (χ4v) is 6.04. The van der Waals surface area contributed by atoms with E-state index in [4.69, 9.17) is 0 Å². The first-order chi connectivity index (χ1) is 24.9. The van der Waals surface area contributed by atoms with Gasteiger partial charge in [-0.05, 0) is 56.1 Å². The van der Waals surface area contributed by atoms with Crippen molar-refractivity contribution >= 4 is 52.3 Å². The molecule has 0 radical (unpaired) electrons. The number of hydrogen-bond donors (Lipinski definition) is 9. The number of amides is 7. The summed E-state index contributed by atoms with van der Waals surface area (Å²) >= 11 is 0. The second kappa shape index (κ2) is 19.2. The minimum atomic E-state index is -1.54. The molecule has 3 rings (SSSR count). The Balaban J connectivity index is 2.04. The first-order valence-electron chi connectivity index (χ1n) is 18.2. The average molecular weight is 741 g/mol. The van der Waals surface area contributed by atoms with Crippen LogP contribution in [0, 0.1) is 17.8 Å². The van der Waals surface area contributed by atoms with E-state index in [0.717, 1.165) is 10.9 Å². The molecule has 7 atom stereocenters. The third kappa shape index (κ3) is 12.3. The van der Waals surface area contributed by atoms with Gasteiger partial charge in [-0.3, -0.25) is 33.6 Å². The van der Waals surface area contributed by atoms with Gasteiger partial charge in [-0.25, -0.2) is 0 Å². The topological polar surface area (TPSA) is 240 Å². The lowest BCUT2D eigenvalue weighted by molar-refractivity contribution is -0.136. The van der Waals surface area contributed by atoms with Crippen LogP contribution in [0.15, 0.2) is 30.5 Å². The fraction of sp³-hybridized carbons (Fsp3) is 0.595. The van der Waals surface area contributed by atoms with Crippen LogP contribution < -0.4 is 37.2 Å². The number of aromatic amines is 1. The smallest absolute Gasteiger partial charge is 0.245 e. The number of aliphatic hydroxyl groups is 1. The SMILES string of the molecule is CC(C)C[C@@H]1NC(=O)[C@H](Cc2c[nH]c3ccccc23)NC(=O)[C@H]([C@@H](C)O)NC(=O)[C@H](C)NC(=O)[C@H](CC(C)C)NC(=O)[C@H](C(C)C)NC(=O)CNC1=O. The predicted molar refractivity (Wildman–Crippen MR) is 198 cm³/mol. The van der Waals surface area contributed by atoms with Gasteiger partial charge in [0.25, 0.3) is 0 Å². The Hall–Kier alpha value is -4.99. The van der Waals surface area contributed by atoms with Gasteiger partial charge in [0.05, 0.1) is 12.6 Å². The molecule has 0 unspecified atom stereocenters. The molecule has 2 heterocycles. The van der Waals surface area contributed by atoms with Gasteiger partial charge in [-0.15, -0.1) is 0 Å². The largest absolute Gasteiger partial charge is 0.391 e. The summed E-state index contributed by atoms with van der Waals surface area (Å²) in [5.74, 6) is -5.59. The number of aliphatic hydroxyl groups excluding tert-OH is 1. The van der Waals surface area contributed by atoms with Crippen molar-refractivity contribution in [1.82, 2.24) is 42.2 Å². The van der Waals surface area contributed by atoms with Crippen molar-refractivity contribution in [2.24, 2.45) is 17.8 Å². The highest BCUT2D eigenvalue weighted by Gasteiger charge is 2.35. The fourth-order valence-electron chi connectivity index (χ4n) is 6.04. The summed E-state index contributed by atoms with van der Waals surface area (Å²) in [6.07, 6.45) is 0.643. The maximum atomic E-state index is 14.0. The highest BCUT2D eigenvalue weighted by Crippen LogP contribution is 2.20. The minimum Gasteiger partial charge on any atom is -0.391 e. The van der Waals surface area contributed by atoms with Gasteiger partial charge < -0.3 is 47.3 Å². The molecule has 292 valence electrons. The number of carbonyl (C=O) groups excluding carboxylic acids is 7. The molecule has 0 saturated carbocycles. The molecular formula is C37H56N8O8. The molecule has 9 N–H and O–H groups in total. The van der Waals surface area contributed by atoms with Crippen LogP contribution in [0.3, 0.4) is 0 Å². The van der Waals surface area contributed by atoms with Crippen LogP contribution in [0.4, 0.5) is 0 Å². The summed E-state index contributed by atoms with van der Waals surface area (Å²) in [7, 11) is 0. The van der Waals surface area contributed by atoms with Crippen LogP contribution in [0.2, 0.25) is 0 Å². The molecule has 1 aromatic heterocycles. The number of carbonyl (C=O) groups is 7. The number of hydrogen-bond acceptors (Lipinski definition) is 8. The monoisotopic (exact) mass is 740 g/mol. The lowest BCUT2D eigenvalue weighted by atomic mass is 9.99. The van der Waals surface area contributed by atoms with E-state index in [9.17, 15) is 38.7 Å².